The number of rotatable bonds is 6. The van der Waals surface area contributed by atoms with Crippen molar-refractivity contribution in [2.75, 3.05) is 0 Å². The lowest BCUT2D eigenvalue weighted by Crippen LogP contribution is -2.15. The number of aromatic carboxylic acids is 1. The lowest BCUT2D eigenvalue weighted by Gasteiger charge is -2.01. The zero-order chi connectivity index (χ0) is 22.8. The molecule has 0 aliphatic carbocycles. The second kappa shape index (κ2) is 8.61. The molecule has 9 nitrogen and oxygen atoms in total. The van der Waals surface area contributed by atoms with Crippen molar-refractivity contribution in [3.05, 3.63) is 85.9 Å². The number of carboxylic acids is 1. The number of nitro benzene ring substituents is 1. The van der Waals surface area contributed by atoms with Crippen molar-refractivity contribution < 1.29 is 24.0 Å². The number of fused-ring (bicyclic) bond motifs is 1. The predicted molar refractivity (Wildman–Crippen MR) is 120 cm³/mol. The predicted octanol–water partition coefficient (Wildman–Crippen LogP) is 5.19. The summed E-state index contributed by atoms with van der Waals surface area (Å²) in [6.45, 7) is 0. The smallest absolute Gasteiger partial charge is 0.337 e. The Morgan fingerprint density at radius 3 is 2.72 bits per heavy atom. The summed E-state index contributed by atoms with van der Waals surface area (Å²) >= 11 is 7.07. The highest BCUT2D eigenvalue weighted by Crippen LogP contribution is 2.29. The fraction of sp³-hybridized carbons (Fsp3) is 0. The Balaban J connectivity index is 1.46. The molecule has 4 rings (SSSR count). The quantitative estimate of drug-likeness (QED) is 0.227. The van der Waals surface area contributed by atoms with Crippen LogP contribution >= 0.6 is 22.9 Å². The summed E-state index contributed by atoms with van der Waals surface area (Å²) in [6.07, 6.45) is 1.30. The van der Waals surface area contributed by atoms with Crippen molar-refractivity contribution in [3.63, 3.8) is 0 Å². The standard InChI is InChI=1S/C21H12ClN3O6S/c22-16-4-1-11(8-15(16)21(27)28)17-5-3-14(31-17)10-23-24-20(26)19-9-12-7-13(25(29)30)2-6-18(12)32-19/h1-10H,(H,24,26)(H,27,28)/b23-10+. The summed E-state index contributed by atoms with van der Waals surface area (Å²) in [5, 5.41) is 24.6. The number of carbonyl (C=O) groups excluding carboxylic acids is 1. The number of hydrogen-bond donors (Lipinski definition) is 2. The first-order valence-electron chi connectivity index (χ1n) is 8.96. The third-order valence-electron chi connectivity index (χ3n) is 4.40. The van der Waals surface area contributed by atoms with Gasteiger partial charge in [-0.05, 0) is 42.5 Å². The summed E-state index contributed by atoms with van der Waals surface area (Å²) in [4.78, 5) is 34.3. The molecule has 0 fully saturated rings. The van der Waals surface area contributed by atoms with E-state index in [0.717, 1.165) is 4.70 Å². The van der Waals surface area contributed by atoms with Gasteiger partial charge in [0.1, 0.15) is 11.5 Å². The average molecular weight is 470 g/mol. The first-order valence-corrected chi connectivity index (χ1v) is 10.2. The van der Waals surface area contributed by atoms with Crippen LogP contribution in [0.3, 0.4) is 0 Å². The van der Waals surface area contributed by atoms with E-state index < -0.39 is 16.8 Å². The normalized spacial score (nSPS) is 11.2. The lowest BCUT2D eigenvalue weighted by molar-refractivity contribution is -0.384. The van der Waals surface area contributed by atoms with E-state index in [1.54, 1.807) is 30.3 Å². The molecule has 0 aliphatic rings. The first-order chi connectivity index (χ1) is 15.3. The SMILES string of the molecule is O=C(N/N=C/c1ccc(-c2ccc(Cl)c(C(=O)O)c2)o1)c1cc2cc([N+](=O)[O-])ccc2s1. The highest BCUT2D eigenvalue weighted by molar-refractivity contribution is 7.20. The third-order valence-corrected chi connectivity index (χ3v) is 5.84. The number of hydrogen-bond acceptors (Lipinski definition) is 7. The molecule has 4 aromatic rings. The maximum absolute atomic E-state index is 12.3. The van der Waals surface area contributed by atoms with Gasteiger partial charge >= 0.3 is 5.97 Å². The van der Waals surface area contributed by atoms with Crippen LogP contribution in [0.1, 0.15) is 25.8 Å². The highest BCUT2D eigenvalue weighted by atomic mass is 35.5. The first kappa shape index (κ1) is 21.2. The average Bonchev–Trinajstić information content (AvgIpc) is 3.40. The molecular formula is C21H12ClN3O6S. The van der Waals surface area contributed by atoms with Crippen LogP contribution in [0.2, 0.25) is 5.02 Å². The molecule has 32 heavy (non-hydrogen) atoms. The Labute approximate surface area is 188 Å². The number of halogens is 1. The van der Waals surface area contributed by atoms with Crippen LogP contribution in [0, 0.1) is 10.1 Å². The Bertz CT molecular complexity index is 1410. The van der Waals surface area contributed by atoms with Gasteiger partial charge in [0.05, 0.1) is 26.6 Å². The number of nitro groups is 1. The van der Waals surface area contributed by atoms with E-state index in [1.165, 1.54) is 41.8 Å². The number of furan rings is 1. The molecule has 0 saturated heterocycles. The highest BCUT2D eigenvalue weighted by Gasteiger charge is 2.14. The van der Waals surface area contributed by atoms with E-state index >= 15 is 0 Å². The second-order valence-electron chi connectivity index (χ2n) is 6.49. The number of benzene rings is 2. The molecular weight excluding hydrogens is 458 g/mol. The Morgan fingerprint density at radius 1 is 1.16 bits per heavy atom. The molecule has 0 atom stereocenters. The third kappa shape index (κ3) is 4.36. The molecule has 160 valence electrons. The van der Waals surface area contributed by atoms with E-state index in [-0.39, 0.29) is 16.3 Å². The monoisotopic (exact) mass is 469 g/mol. The summed E-state index contributed by atoms with van der Waals surface area (Å²) < 4.78 is 6.36. The van der Waals surface area contributed by atoms with Crippen molar-refractivity contribution in [2.45, 2.75) is 0 Å². The zero-order valence-electron chi connectivity index (χ0n) is 15.9. The molecule has 0 bridgehead atoms. The van der Waals surface area contributed by atoms with Crippen LogP contribution in [0.5, 0.6) is 0 Å². The number of carboxylic acid groups (broad SMARTS) is 1. The maximum Gasteiger partial charge on any atom is 0.337 e. The van der Waals surface area contributed by atoms with Crippen molar-refractivity contribution in [1.82, 2.24) is 5.43 Å². The van der Waals surface area contributed by atoms with Crippen LogP contribution < -0.4 is 5.43 Å². The summed E-state index contributed by atoms with van der Waals surface area (Å²) in [6, 6.07) is 13.7. The molecule has 2 aromatic carbocycles. The van der Waals surface area contributed by atoms with Crippen LogP contribution in [0.25, 0.3) is 21.4 Å². The molecule has 2 N–H and O–H groups in total. The summed E-state index contributed by atoms with van der Waals surface area (Å²) in [5.41, 5.74) is 2.81. The van der Waals surface area contributed by atoms with E-state index in [9.17, 15) is 24.8 Å². The fourth-order valence-electron chi connectivity index (χ4n) is 2.89. The Kier molecular flexibility index (Phi) is 5.71. The minimum Gasteiger partial charge on any atom is -0.478 e. The number of nitrogens with zero attached hydrogens (tertiary/aromatic N) is 2. The summed E-state index contributed by atoms with van der Waals surface area (Å²) in [7, 11) is 0. The molecule has 0 aliphatic heterocycles. The Hall–Kier alpha value is -4.02. The van der Waals surface area contributed by atoms with Gasteiger partial charge in [0.15, 0.2) is 0 Å². The molecule has 2 aromatic heterocycles. The second-order valence-corrected chi connectivity index (χ2v) is 7.98. The topological polar surface area (TPSA) is 135 Å². The van der Waals surface area contributed by atoms with Gasteiger partial charge in [0.2, 0.25) is 0 Å². The van der Waals surface area contributed by atoms with Crippen molar-refractivity contribution >= 4 is 56.8 Å². The van der Waals surface area contributed by atoms with E-state index in [2.05, 4.69) is 10.5 Å². The van der Waals surface area contributed by atoms with Crippen LogP contribution in [-0.4, -0.2) is 28.1 Å². The number of nitrogens with one attached hydrogen (secondary N) is 1. The van der Waals surface area contributed by atoms with Gasteiger partial charge in [-0.3, -0.25) is 14.9 Å². The van der Waals surface area contributed by atoms with Gasteiger partial charge in [0, 0.05) is 27.8 Å². The van der Waals surface area contributed by atoms with Crippen LogP contribution in [0.15, 0.2) is 64.1 Å². The van der Waals surface area contributed by atoms with Gasteiger partial charge in [-0.1, -0.05) is 11.6 Å². The molecule has 0 saturated carbocycles. The van der Waals surface area contributed by atoms with Gasteiger partial charge in [-0.2, -0.15) is 5.10 Å². The van der Waals surface area contributed by atoms with Crippen molar-refractivity contribution in [2.24, 2.45) is 5.10 Å². The molecule has 2 heterocycles. The summed E-state index contributed by atoms with van der Waals surface area (Å²) in [5.74, 6) is -0.883. The van der Waals surface area contributed by atoms with E-state index in [1.807, 2.05) is 0 Å². The van der Waals surface area contributed by atoms with Crippen molar-refractivity contribution in [3.8, 4) is 11.3 Å². The van der Waals surface area contributed by atoms with E-state index in [0.29, 0.717) is 27.3 Å². The van der Waals surface area contributed by atoms with Gasteiger partial charge < -0.3 is 9.52 Å². The zero-order valence-corrected chi connectivity index (χ0v) is 17.5. The van der Waals surface area contributed by atoms with Gasteiger partial charge in [-0.25, -0.2) is 10.2 Å². The molecule has 0 radical (unpaired) electrons. The number of non-ortho nitro benzene ring substituents is 1. The molecule has 11 heteroatoms. The number of amides is 1. The maximum atomic E-state index is 12.3. The Morgan fingerprint density at radius 2 is 1.97 bits per heavy atom. The van der Waals surface area contributed by atoms with E-state index in [4.69, 9.17) is 16.0 Å². The molecule has 0 spiro atoms. The largest absolute Gasteiger partial charge is 0.478 e. The molecule has 0 unspecified atom stereocenters. The number of hydrazone groups is 1. The fourth-order valence-corrected chi connectivity index (χ4v) is 4.02. The van der Waals surface area contributed by atoms with Gasteiger partial charge in [0.25, 0.3) is 11.6 Å². The number of carbonyl (C=O) groups is 2. The lowest BCUT2D eigenvalue weighted by atomic mass is 10.1. The van der Waals surface area contributed by atoms with Crippen LogP contribution in [-0.2, 0) is 0 Å². The number of thiophene rings is 1. The van der Waals surface area contributed by atoms with Crippen molar-refractivity contribution in [1.29, 1.82) is 0 Å². The van der Waals surface area contributed by atoms with Crippen LogP contribution in [0.4, 0.5) is 5.69 Å². The van der Waals surface area contributed by atoms with Gasteiger partial charge in [-0.15, -0.1) is 11.3 Å². The minimum atomic E-state index is -1.15. The minimum absolute atomic E-state index is 0.0447. The molecule has 1 amide bonds.